The molecule has 1 rings (SSSR count). The molecule has 0 saturated carbocycles. The van der Waals surface area contributed by atoms with E-state index in [4.69, 9.17) is 22.1 Å². The summed E-state index contributed by atoms with van der Waals surface area (Å²) in [6, 6.07) is 5.48. The van der Waals surface area contributed by atoms with E-state index in [2.05, 4.69) is 32.6 Å². The molecule has 0 bridgehead atoms. The van der Waals surface area contributed by atoms with E-state index in [1.807, 2.05) is 18.2 Å². The third kappa shape index (κ3) is 3.27. The molecule has 0 spiro atoms. The number of likely N-dealkylation sites (N-methyl/N-ethyl adjacent to an activating group) is 1. The highest BCUT2D eigenvalue weighted by Crippen LogP contribution is 2.37. The third-order valence-electron chi connectivity index (χ3n) is 4.40. The molecule has 0 fully saturated rings. The van der Waals surface area contributed by atoms with E-state index in [1.165, 1.54) is 0 Å². The number of benzene rings is 1. The van der Waals surface area contributed by atoms with Crippen molar-refractivity contribution in [3.05, 3.63) is 28.8 Å². The highest BCUT2D eigenvalue weighted by atomic mass is 35.5. The van der Waals surface area contributed by atoms with E-state index in [1.54, 1.807) is 7.11 Å². The molecule has 4 heteroatoms. The number of hydrogen-bond acceptors (Lipinski definition) is 3. The van der Waals surface area contributed by atoms with E-state index < -0.39 is 0 Å². The summed E-state index contributed by atoms with van der Waals surface area (Å²) >= 11 is 6.13. The van der Waals surface area contributed by atoms with Crippen LogP contribution < -0.4 is 10.5 Å². The monoisotopic (exact) mass is 298 g/mol. The van der Waals surface area contributed by atoms with Crippen molar-refractivity contribution in [2.24, 2.45) is 5.73 Å². The van der Waals surface area contributed by atoms with Gasteiger partial charge in [0.05, 0.1) is 13.2 Å². The van der Waals surface area contributed by atoms with Crippen molar-refractivity contribution >= 4 is 11.6 Å². The lowest BCUT2D eigenvalue weighted by Crippen LogP contribution is -2.53. The molecule has 0 aliphatic rings. The van der Waals surface area contributed by atoms with E-state index in [0.717, 1.165) is 30.8 Å². The standard InChI is InChI=1S/C16H27ClN2O/c1-6-16(4,19(7-2)8-3)15(18)13-11-12(17)9-10-14(13)20-5/h9-11,15H,6-8,18H2,1-5H3. The van der Waals surface area contributed by atoms with Gasteiger partial charge in [-0.15, -0.1) is 0 Å². The number of hydrogen-bond donors (Lipinski definition) is 1. The number of ether oxygens (including phenoxy) is 1. The average molecular weight is 299 g/mol. The van der Waals surface area contributed by atoms with Crippen LogP contribution in [0.1, 0.15) is 45.7 Å². The molecule has 0 aliphatic carbocycles. The van der Waals surface area contributed by atoms with Gasteiger partial charge in [-0.25, -0.2) is 0 Å². The molecular weight excluding hydrogens is 272 g/mol. The second-order valence-electron chi connectivity index (χ2n) is 5.25. The van der Waals surface area contributed by atoms with Crippen LogP contribution >= 0.6 is 11.6 Å². The van der Waals surface area contributed by atoms with Gasteiger partial charge < -0.3 is 10.5 Å². The molecule has 0 aromatic heterocycles. The van der Waals surface area contributed by atoms with Crippen molar-refractivity contribution in [1.82, 2.24) is 4.90 Å². The van der Waals surface area contributed by atoms with Crippen LogP contribution in [0, 0.1) is 0 Å². The molecule has 1 aromatic carbocycles. The summed E-state index contributed by atoms with van der Waals surface area (Å²) < 4.78 is 5.45. The maximum atomic E-state index is 6.60. The van der Waals surface area contributed by atoms with Crippen LogP contribution in [-0.4, -0.2) is 30.6 Å². The Morgan fingerprint density at radius 1 is 1.30 bits per heavy atom. The van der Waals surface area contributed by atoms with E-state index in [-0.39, 0.29) is 11.6 Å². The molecular formula is C16H27ClN2O. The number of nitrogens with two attached hydrogens (primary N) is 1. The lowest BCUT2D eigenvalue weighted by molar-refractivity contribution is 0.0835. The molecule has 0 amide bonds. The van der Waals surface area contributed by atoms with E-state index in [9.17, 15) is 0 Å². The second kappa shape index (κ2) is 7.30. The normalized spacial score (nSPS) is 16.0. The van der Waals surface area contributed by atoms with Gasteiger partial charge in [-0.05, 0) is 44.6 Å². The van der Waals surface area contributed by atoms with Crippen molar-refractivity contribution < 1.29 is 4.74 Å². The summed E-state index contributed by atoms with van der Waals surface area (Å²) in [7, 11) is 1.67. The Bertz CT molecular complexity index is 434. The molecule has 1 aromatic rings. The van der Waals surface area contributed by atoms with Gasteiger partial charge in [0.15, 0.2) is 0 Å². The fourth-order valence-corrected chi connectivity index (χ4v) is 3.05. The lowest BCUT2D eigenvalue weighted by Gasteiger charge is -2.44. The maximum Gasteiger partial charge on any atom is 0.123 e. The summed E-state index contributed by atoms with van der Waals surface area (Å²) in [4.78, 5) is 2.40. The van der Waals surface area contributed by atoms with Crippen LogP contribution in [0.3, 0.4) is 0 Å². The lowest BCUT2D eigenvalue weighted by atomic mass is 9.83. The summed E-state index contributed by atoms with van der Waals surface area (Å²) in [5.74, 6) is 0.800. The average Bonchev–Trinajstić information content (AvgIpc) is 2.47. The van der Waals surface area contributed by atoms with Gasteiger partial charge in [-0.2, -0.15) is 0 Å². The molecule has 2 N–H and O–H groups in total. The van der Waals surface area contributed by atoms with Gasteiger partial charge in [0, 0.05) is 16.1 Å². The molecule has 0 saturated heterocycles. The first kappa shape index (κ1) is 17.3. The summed E-state index contributed by atoms with van der Waals surface area (Å²) in [6.45, 7) is 10.7. The van der Waals surface area contributed by atoms with Crippen molar-refractivity contribution in [2.75, 3.05) is 20.2 Å². The Hall–Kier alpha value is -0.770. The fourth-order valence-electron chi connectivity index (χ4n) is 2.87. The van der Waals surface area contributed by atoms with Crippen LogP contribution in [0.5, 0.6) is 5.75 Å². The van der Waals surface area contributed by atoms with Crippen LogP contribution in [0.15, 0.2) is 18.2 Å². The quantitative estimate of drug-likeness (QED) is 0.831. The minimum atomic E-state index is -0.152. The molecule has 2 atom stereocenters. The zero-order valence-corrected chi connectivity index (χ0v) is 14.0. The molecule has 114 valence electrons. The Kier molecular flexibility index (Phi) is 6.31. The summed E-state index contributed by atoms with van der Waals surface area (Å²) in [5, 5.41) is 0.689. The first-order valence-corrected chi connectivity index (χ1v) is 7.66. The molecule has 3 nitrogen and oxygen atoms in total. The van der Waals surface area contributed by atoms with Gasteiger partial charge in [-0.3, -0.25) is 4.90 Å². The van der Waals surface area contributed by atoms with Crippen molar-refractivity contribution in [1.29, 1.82) is 0 Å². The number of methoxy groups -OCH3 is 1. The minimum absolute atomic E-state index is 0.124. The first-order chi connectivity index (χ1) is 9.44. The SMILES string of the molecule is CCN(CC)C(C)(CC)C(N)c1cc(Cl)ccc1OC. The number of halogens is 1. The highest BCUT2D eigenvalue weighted by Gasteiger charge is 2.37. The molecule has 0 radical (unpaired) electrons. The van der Waals surface area contributed by atoms with Gasteiger partial charge in [0.25, 0.3) is 0 Å². The fraction of sp³-hybridized carbons (Fsp3) is 0.625. The molecule has 2 unspecified atom stereocenters. The molecule has 20 heavy (non-hydrogen) atoms. The van der Waals surface area contributed by atoms with E-state index in [0.29, 0.717) is 5.02 Å². The second-order valence-corrected chi connectivity index (χ2v) is 5.68. The van der Waals surface area contributed by atoms with Gasteiger partial charge in [0.2, 0.25) is 0 Å². The zero-order chi connectivity index (χ0) is 15.3. The molecule has 0 heterocycles. The maximum absolute atomic E-state index is 6.60. The Labute approximate surface area is 128 Å². The van der Waals surface area contributed by atoms with Crippen LogP contribution in [0.2, 0.25) is 5.02 Å². The predicted octanol–water partition coefficient (Wildman–Crippen LogP) is 3.86. The zero-order valence-electron chi connectivity index (χ0n) is 13.2. The minimum Gasteiger partial charge on any atom is -0.496 e. The third-order valence-corrected chi connectivity index (χ3v) is 4.63. The Morgan fingerprint density at radius 3 is 2.35 bits per heavy atom. The topological polar surface area (TPSA) is 38.5 Å². The van der Waals surface area contributed by atoms with Crippen molar-refractivity contribution in [3.8, 4) is 5.75 Å². The van der Waals surface area contributed by atoms with Crippen LogP contribution in [0.4, 0.5) is 0 Å². The van der Waals surface area contributed by atoms with Gasteiger partial charge >= 0.3 is 0 Å². The highest BCUT2D eigenvalue weighted by molar-refractivity contribution is 6.30. The smallest absolute Gasteiger partial charge is 0.123 e. The molecule has 0 aliphatic heterocycles. The Morgan fingerprint density at radius 2 is 1.90 bits per heavy atom. The van der Waals surface area contributed by atoms with Crippen LogP contribution in [-0.2, 0) is 0 Å². The van der Waals surface area contributed by atoms with Gasteiger partial charge in [-0.1, -0.05) is 32.4 Å². The number of rotatable bonds is 7. The van der Waals surface area contributed by atoms with Crippen molar-refractivity contribution in [2.45, 2.75) is 45.7 Å². The first-order valence-electron chi connectivity index (χ1n) is 7.28. The van der Waals surface area contributed by atoms with Crippen molar-refractivity contribution in [3.63, 3.8) is 0 Å². The van der Waals surface area contributed by atoms with Crippen LogP contribution in [0.25, 0.3) is 0 Å². The predicted molar refractivity (Wildman–Crippen MR) is 86.5 cm³/mol. The number of nitrogens with zero attached hydrogens (tertiary/aromatic N) is 1. The summed E-state index contributed by atoms with van der Waals surface area (Å²) in [5.41, 5.74) is 7.45. The largest absolute Gasteiger partial charge is 0.496 e. The Balaban J connectivity index is 3.26. The summed E-state index contributed by atoms with van der Waals surface area (Å²) in [6.07, 6.45) is 0.964. The van der Waals surface area contributed by atoms with Gasteiger partial charge in [0.1, 0.15) is 5.75 Å². The van der Waals surface area contributed by atoms with E-state index >= 15 is 0 Å².